The number of rotatable bonds is 3. The van der Waals surface area contributed by atoms with Crippen LogP contribution in [0.5, 0.6) is 0 Å². The van der Waals surface area contributed by atoms with E-state index in [0.717, 1.165) is 30.2 Å². The van der Waals surface area contributed by atoms with Gasteiger partial charge in [0.1, 0.15) is 6.10 Å². The Labute approximate surface area is 205 Å². The van der Waals surface area contributed by atoms with E-state index in [-0.39, 0.29) is 23.5 Å². The molecule has 1 aliphatic heterocycles. The van der Waals surface area contributed by atoms with Crippen LogP contribution < -0.4 is 0 Å². The molecule has 1 aromatic heterocycles. The monoisotopic (exact) mass is 468 g/mol. The molecule has 4 aliphatic carbocycles. The standard InChI is InChI=1S/C28H44N4O2/c1-19(33)34-26-25(32-16-13-29-30-32)18-24-22-8-7-20-17-21(31-14-5-4-6-15-31)9-11-27(20,2)23(22)10-12-28(24,26)3/h13,16,20-26H,4-12,14-15,17-18H2,1-3H3/t20-,21-,22+,23-,24-,25-,26-,27-,28-/m0/s1. The highest BCUT2D eigenvalue weighted by molar-refractivity contribution is 5.66. The highest BCUT2D eigenvalue weighted by Gasteiger charge is 2.64. The molecule has 6 heteroatoms. The van der Waals surface area contributed by atoms with Crippen LogP contribution >= 0.6 is 0 Å². The third-order valence-electron chi connectivity index (χ3n) is 11.6. The van der Waals surface area contributed by atoms with Crippen molar-refractivity contribution in [3.05, 3.63) is 12.4 Å². The fourth-order valence-corrected chi connectivity index (χ4v) is 9.85. The smallest absolute Gasteiger partial charge is 0.302 e. The lowest BCUT2D eigenvalue weighted by Gasteiger charge is -2.61. The number of likely N-dealkylation sites (tertiary alicyclic amines) is 1. The molecule has 34 heavy (non-hydrogen) atoms. The molecule has 0 amide bonds. The Hall–Kier alpha value is -1.43. The molecular weight excluding hydrogens is 424 g/mol. The van der Waals surface area contributed by atoms with E-state index in [0.29, 0.717) is 11.3 Å². The van der Waals surface area contributed by atoms with E-state index in [9.17, 15) is 4.79 Å². The molecule has 0 spiro atoms. The summed E-state index contributed by atoms with van der Waals surface area (Å²) in [4.78, 5) is 15.0. The molecule has 5 fully saturated rings. The number of aromatic nitrogens is 3. The quantitative estimate of drug-likeness (QED) is 0.567. The molecule has 0 N–H and O–H groups in total. The van der Waals surface area contributed by atoms with Crippen LogP contribution in [0, 0.1) is 34.5 Å². The van der Waals surface area contributed by atoms with Gasteiger partial charge in [-0.25, -0.2) is 4.68 Å². The summed E-state index contributed by atoms with van der Waals surface area (Å²) in [5, 5.41) is 8.43. The first-order chi connectivity index (χ1) is 16.4. The number of carbonyl (C=O) groups is 1. The Morgan fingerprint density at radius 3 is 2.50 bits per heavy atom. The fourth-order valence-electron chi connectivity index (χ4n) is 9.85. The second-order valence-corrected chi connectivity index (χ2v) is 12.9. The van der Waals surface area contributed by atoms with E-state index in [2.05, 4.69) is 29.1 Å². The summed E-state index contributed by atoms with van der Waals surface area (Å²) in [6.07, 6.45) is 18.4. The van der Waals surface area contributed by atoms with Gasteiger partial charge in [0, 0.05) is 24.6 Å². The first-order valence-corrected chi connectivity index (χ1v) is 14.2. The second-order valence-electron chi connectivity index (χ2n) is 12.9. The molecule has 0 unspecified atom stereocenters. The first-order valence-electron chi connectivity index (χ1n) is 14.2. The van der Waals surface area contributed by atoms with Gasteiger partial charge in [-0.3, -0.25) is 4.79 Å². The number of nitrogens with zero attached hydrogens (tertiary/aromatic N) is 4. The van der Waals surface area contributed by atoms with Gasteiger partial charge in [-0.2, -0.15) is 0 Å². The predicted molar refractivity (Wildman–Crippen MR) is 131 cm³/mol. The Morgan fingerprint density at radius 2 is 1.76 bits per heavy atom. The summed E-state index contributed by atoms with van der Waals surface area (Å²) >= 11 is 0. The van der Waals surface area contributed by atoms with Gasteiger partial charge in [0.25, 0.3) is 0 Å². The van der Waals surface area contributed by atoms with Crippen molar-refractivity contribution in [3.63, 3.8) is 0 Å². The van der Waals surface area contributed by atoms with E-state index >= 15 is 0 Å². The summed E-state index contributed by atoms with van der Waals surface area (Å²) in [5.74, 6) is 2.89. The number of ether oxygens (including phenoxy) is 1. The van der Waals surface area contributed by atoms with Crippen molar-refractivity contribution in [2.75, 3.05) is 13.1 Å². The Balaban J connectivity index is 1.24. The molecular formula is C28H44N4O2. The van der Waals surface area contributed by atoms with Gasteiger partial charge < -0.3 is 9.64 Å². The van der Waals surface area contributed by atoms with Crippen molar-refractivity contribution in [1.29, 1.82) is 0 Å². The van der Waals surface area contributed by atoms with Gasteiger partial charge >= 0.3 is 5.97 Å². The molecule has 1 aromatic rings. The van der Waals surface area contributed by atoms with Gasteiger partial charge in [0.05, 0.1) is 12.2 Å². The predicted octanol–water partition coefficient (Wildman–Crippen LogP) is 5.26. The minimum atomic E-state index is -0.161. The maximum absolute atomic E-state index is 12.1. The number of hydrogen-bond acceptors (Lipinski definition) is 5. The van der Waals surface area contributed by atoms with Crippen molar-refractivity contribution in [3.8, 4) is 0 Å². The minimum absolute atomic E-state index is 0.0393. The average Bonchev–Trinajstić information content (AvgIpc) is 3.45. The Bertz CT molecular complexity index is 883. The number of fused-ring (bicyclic) bond motifs is 5. The molecule has 0 bridgehead atoms. The van der Waals surface area contributed by atoms with Crippen molar-refractivity contribution in [2.45, 2.75) is 110 Å². The third kappa shape index (κ3) is 3.57. The number of hydrogen-bond donors (Lipinski definition) is 0. The highest BCUT2D eigenvalue weighted by atomic mass is 16.5. The van der Waals surface area contributed by atoms with Crippen molar-refractivity contribution >= 4 is 5.97 Å². The zero-order valence-electron chi connectivity index (χ0n) is 21.5. The van der Waals surface area contributed by atoms with E-state index in [1.54, 1.807) is 13.1 Å². The van der Waals surface area contributed by atoms with Gasteiger partial charge in [-0.05, 0) is 106 Å². The molecule has 0 radical (unpaired) electrons. The van der Waals surface area contributed by atoms with Crippen LogP contribution in [0.2, 0.25) is 0 Å². The van der Waals surface area contributed by atoms with E-state index in [4.69, 9.17) is 4.74 Å². The van der Waals surface area contributed by atoms with Crippen LogP contribution in [-0.2, 0) is 9.53 Å². The average molecular weight is 469 g/mol. The molecule has 0 aromatic carbocycles. The topological polar surface area (TPSA) is 60.3 Å². The SMILES string of the molecule is CC(=O)O[C@H]1[C@@H](n2ccnn2)C[C@H]2[C@@H]3CC[C@H]4C[C@@H](N5CCCCC5)CC[C@]4(C)[C@H]3CC[C@@]21C. The normalized spacial score (nSPS) is 46.9. The first kappa shape index (κ1) is 23.0. The Morgan fingerprint density at radius 1 is 0.971 bits per heavy atom. The van der Waals surface area contributed by atoms with Crippen LogP contribution in [0.1, 0.15) is 97.4 Å². The lowest BCUT2D eigenvalue weighted by Crippen LogP contribution is -2.56. The molecule has 1 saturated heterocycles. The molecule has 2 heterocycles. The van der Waals surface area contributed by atoms with Crippen molar-refractivity contribution in [1.82, 2.24) is 19.9 Å². The minimum Gasteiger partial charge on any atom is -0.460 e. The summed E-state index contributed by atoms with van der Waals surface area (Å²) in [5.41, 5.74) is 0.524. The van der Waals surface area contributed by atoms with Gasteiger partial charge in [0.2, 0.25) is 0 Å². The van der Waals surface area contributed by atoms with E-state index in [1.165, 1.54) is 77.3 Å². The third-order valence-corrected chi connectivity index (χ3v) is 11.6. The molecule has 188 valence electrons. The second kappa shape index (κ2) is 8.60. The van der Waals surface area contributed by atoms with Crippen LogP contribution in [0.4, 0.5) is 0 Å². The maximum Gasteiger partial charge on any atom is 0.302 e. The van der Waals surface area contributed by atoms with Crippen LogP contribution in [-0.4, -0.2) is 51.1 Å². The Kier molecular flexibility index (Phi) is 5.82. The number of carbonyl (C=O) groups excluding carboxylic acids is 1. The maximum atomic E-state index is 12.1. The molecule has 6 rings (SSSR count). The van der Waals surface area contributed by atoms with Crippen LogP contribution in [0.25, 0.3) is 0 Å². The lowest BCUT2D eigenvalue weighted by atomic mass is 9.45. The zero-order valence-corrected chi connectivity index (χ0v) is 21.5. The number of esters is 1. The van der Waals surface area contributed by atoms with Crippen LogP contribution in [0.15, 0.2) is 12.4 Å². The van der Waals surface area contributed by atoms with Crippen molar-refractivity contribution in [2.24, 2.45) is 34.5 Å². The molecule has 6 nitrogen and oxygen atoms in total. The van der Waals surface area contributed by atoms with E-state index < -0.39 is 0 Å². The van der Waals surface area contributed by atoms with E-state index in [1.807, 2.05) is 10.9 Å². The summed E-state index contributed by atoms with van der Waals surface area (Å²) in [6, 6.07) is 0.945. The molecule has 5 aliphatic rings. The fraction of sp³-hybridized carbons (Fsp3) is 0.893. The van der Waals surface area contributed by atoms with Gasteiger partial charge in [-0.1, -0.05) is 25.5 Å². The van der Waals surface area contributed by atoms with Crippen molar-refractivity contribution < 1.29 is 9.53 Å². The summed E-state index contributed by atoms with van der Waals surface area (Å²) in [6.45, 7) is 9.31. The van der Waals surface area contributed by atoms with Crippen LogP contribution in [0.3, 0.4) is 0 Å². The largest absolute Gasteiger partial charge is 0.460 e. The number of piperidine rings is 1. The molecule has 4 saturated carbocycles. The summed E-state index contributed by atoms with van der Waals surface area (Å²) < 4.78 is 8.06. The molecule has 9 atom stereocenters. The highest BCUT2D eigenvalue weighted by Crippen LogP contribution is 2.68. The zero-order chi connectivity index (χ0) is 23.5. The van der Waals surface area contributed by atoms with Gasteiger partial charge in [0.15, 0.2) is 0 Å². The summed E-state index contributed by atoms with van der Waals surface area (Å²) in [7, 11) is 0. The lowest BCUT2D eigenvalue weighted by molar-refractivity contribution is -0.164. The van der Waals surface area contributed by atoms with Gasteiger partial charge in [-0.15, -0.1) is 5.10 Å².